The average molecular weight is 261 g/mol. The van der Waals surface area contributed by atoms with E-state index in [9.17, 15) is 4.39 Å². The Hall–Kier alpha value is -1.68. The molecule has 0 radical (unpaired) electrons. The third kappa shape index (κ3) is 3.20. The first-order valence-electron chi connectivity index (χ1n) is 6.57. The number of benzene rings is 1. The summed E-state index contributed by atoms with van der Waals surface area (Å²) in [5.74, 6) is 0.797. The molecule has 0 fully saturated rings. The zero-order valence-electron chi connectivity index (χ0n) is 11.7. The Kier molecular flexibility index (Phi) is 4.32. The lowest BCUT2D eigenvalue weighted by molar-refractivity contribution is 0.496. The summed E-state index contributed by atoms with van der Waals surface area (Å²) < 4.78 is 16.1. The molecule has 4 heteroatoms. The Morgan fingerprint density at radius 2 is 2.21 bits per heavy atom. The van der Waals surface area contributed by atoms with Crippen molar-refractivity contribution >= 4 is 0 Å². The summed E-state index contributed by atoms with van der Waals surface area (Å²) in [6, 6.07) is 5.34. The monoisotopic (exact) mass is 261 g/mol. The van der Waals surface area contributed by atoms with Crippen LogP contribution in [0, 0.1) is 12.7 Å². The maximum Gasteiger partial charge on any atom is 0.128 e. The Morgan fingerprint density at radius 3 is 2.79 bits per heavy atom. The van der Waals surface area contributed by atoms with Gasteiger partial charge in [0.1, 0.15) is 11.6 Å². The largest absolute Gasteiger partial charge is 0.338 e. The lowest BCUT2D eigenvalue weighted by atomic mass is 10.0. The average Bonchev–Trinajstić information content (AvgIpc) is 2.75. The first-order chi connectivity index (χ1) is 9.11. The van der Waals surface area contributed by atoms with Crippen molar-refractivity contribution in [2.45, 2.75) is 26.3 Å². The van der Waals surface area contributed by atoms with Crippen molar-refractivity contribution in [1.82, 2.24) is 14.9 Å². The fourth-order valence-electron chi connectivity index (χ4n) is 2.23. The molecule has 0 bridgehead atoms. The lowest BCUT2D eigenvalue weighted by Gasteiger charge is -2.19. The number of rotatable bonds is 5. The van der Waals surface area contributed by atoms with Gasteiger partial charge in [-0.25, -0.2) is 9.37 Å². The molecule has 0 aliphatic heterocycles. The second kappa shape index (κ2) is 5.97. The molecule has 1 aromatic heterocycles. The summed E-state index contributed by atoms with van der Waals surface area (Å²) in [5, 5.41) is 3.33. The number of aryl methyl sites for hydroxylation is 2. The second-order valence-corrected chi connectivity index (χ2v) is 4.79. The molecule has 102 valence electrons. The molecule has 2 aromatic rings. The predicted molar refractivity (Wildman–Crippen MR) is 74.5 cm³/mol. The van der Waals surface area contributed by atoms with Gasteiger partial charge in [0.25, 0.3) is 0 Å². The number of likely N-dealkylation sites (N-methyl/N-ethyl adjacent to an activating group) is 1. The van der Waals surface area contributed by atoms with Gasteiger partial charge in [-0.05, 0) is 25.1 Å². The van der Waals surface area contributed by atoms with Gasteiger partial charge in [-0.1, -0.05) is 19.1 Å². The number of halogens is 1. The van der Waals surface area contributed by atoms with Gasteiger partial charge in [0.15, 0.2) is 0 Å². The van der Waals surface area contributed by atoms with Crippen LogP contribution in [0.5, 0.6) is 0 Å². The number of hydrogen-bond donors (Lipinski definition) is 1. The van der Waals surface area contributed by atoms with Gasteiger partial charge in [-0.15, -0.1) is 0 Å². The third-order valence-electron chi connectivity index (χ3n) is 3.29. The molecule has 0 spiro atoms. The summed E-state index contributed by atoms with van der Waals surface area (Å²) in [7, 11) is 1.96. The molecule has 19 heavy (non-hydrogen) atoms. The Bertz CT molecular complexity index is 548. The summed E-state index contributed by atoms with van der Waals surface area (Å²) in [6.45, 7) is 4.72. The van der Waals surface area contributed by atoms with E-state index in [-0.39, 0.29) is 11.9 Å². The SMILES string of the molecule is CCNC(Cc1nccn1C)c1ccc(C)cc1F. The number of aromatic nitrogens is 2. The first kappa shape index (κ1) is 13.7. The van der Waals surface area contributed by atoms with Gasteiger partial charge in [-0.2, -0.15) is 0 Å². The molecular formula is C15H20FN3. The summed E-state index contributed by atoms with van der Waals surface area (Å²) >= 11 is 0. The normalized spacial score (nSPS) is 12.6. The van der Waals surface area contributed by atoms with Gasteiger partial charge in [0.2, 0.25) is 0 Å². The van der Waals surface area contributed by atoms with Crippen molar-refractivity contribution in [2.24, 2.45) is 7.05 Å². The minimum atomic E-state index is -0.153. The van der Waals surface area contributed by atoms with E-state index >= 15 is 0 Å². The zero-order chi connectivity index (χ0) is 13.8. The van der Waals surface area contributed by atoms with Crippen LogP contribution in [-0.2, 0) is 13.5 Å². The Labute approximate surface area is 113 Å². The summed E-state index contributed by atoms with van der Waals surface area (Å²) in [6.07, 6.45) is 4.35. The van der Waals surface area contributed by atoms with Gasteiger partial charge in [0.05, 0.1) is 0 Å². The van der Waals surface area contributed by atoms with E-state index in [0.29, 0.717) is 12.0 Å². The van der Waals surface area contributed by atoms with Crippen molar-refractivity contribution in [2.75, 3.05) is 6.54 Å². The first-order valence-corrected chi connectivity index (χ1v) is 6.57. The van der Waals surface area contributed by atoms with E-state index in [1.165, 1.54) is 0 Å². The predicted octanol–water partition coefficient (Wildman–Crippen LogP) is 2.76. The van der Waals surface area contributed by atoms with Gasteiger partial charge in [0, 0.05) is 37.5 Å². The highest BCUT2D eigenvalue weighted by molar-refractivity contribution is 5.27. The standard InChI is InChI=1S/C15H20FN3/c1-4-17-14(10-15-18-7-8-19(15)3)12-6-5-11(2)9-13(12)16/h5-9,14,17H,4,10H2,1-3H3. The molecule has 1 N–H and O–H groups in total. The Balaban J connectivity index is 2.27. The van der Waals surface area contributed by atoms with E-state index in [1.807, 2.05) is 43.8 Å². The molecule has 2 rings (SSSR count). The van der Waals surface area contributed by atoms with E-state index in [2.05, 4.69) is 10.3 Å². The Morgan fingerprint density at radius 1 is 1.42 bits per heavy atom. The number of hydrogen-bond acceptors (Lipinski definition) is 2. The molecule has 0 aliphatic rings. The minimum Gasteiger partial charge on any atom is -0.338 e. The minimum absolute atomic E-state index is 0.0494. The van der Waals surface area contributed by atoms with Crippen LogP contribution in [0.15, 0.2) is 30.6 Å². The highest BCUT2D eigenvalue weighted by Crippen LogP contribution is 2.21. The maximum absolute atomic E-state index is 14.1. The van der Waals surface area contributed by atoms with E-state index < -0.39 is 0 Å². The molecule has 0 aliphatic carbocycles. The highest BCUT2D eigenvalue weighted by atomic mass is 19.1. The van der Waals surface area contributed by atoms with Crippen molar-refractivity contribution in [3.8, 4) is 0 Å². The topological polar surface area (TPSA) is 29.9 Å². The van der Waals surface area contributed by atoms with E-state index in [0.717, 1.165) is 17.9 Å². The molecule has 0 saturated carbocycles. The quantitative estimate of drug-likeness (QED) is 0.897. The van der Waals surface area contributed by atoms with Crippen LogP contribution < -0.4 is 5.32 Å². The highest BCUT2D eigenvalue weighted by Gasteiger charge is 2.17. The zero-order valence-corrected chi connectivity index (χ0v) is 11.7. The second-order valence-electron chi connectivity index (χ2n) is 4.79. The number of nitrogens with one attached hydrogen (secondary N) is 1. The van der Waals surface area contributed by atoms with Gasteiger partial charge < -0.3 is 9.88 Å². The van der Waals surface area contributed by atoms with Crippen LogP contribution in [0.4, 0.5) is 4.39 Å². The van der Waals surface area contributed by atoms with Crippen molar-refractivity contribution < 1.29 is 4.39 Å². The van der Waals surface area contributed by atoms with Crippen LogP contribution in [0.2, 0.25) is 0 Å². The van der Waals surface area contributed by atoms with Crippen LogP contribution in [0.3, 0.4) is 0 Å². The fraction of sp³-hybridized carbons (Fsp3) is 0.400. The van der Waals surface area contributed by atoms with E-state index in [4.69, 9.17) is 0 Å². The van der Waals surface area contributed by atoms with Crippen LogP contribution in [-0.4, -0.2) is 16.1 Å². The molecule has 1 atom stereocenters. The molecular weight excluding hydrogens is 241 g/mol. The van der Waals surface area contributed by atoms with E-state index in [1.54, 1.807) is 12.3 Å². The fourth-order valence-corrected chi connectivity index (χ4v) is 2.23. The lowest BCUT2D eigenvalue weighted by Crippen LogP contribution is -2.25. The molecule has 1 heterocycles. The molecule has 0 saturated heterocycles. The van der Waals surface area contributed by atoms with Crippen molar-refractivity contribution in [3.05, 3.63) is 53.4 Å². The van der Waals surface area contributed by atoms with Crippen LogP contribution >= 0.6 is 0 Å². The molecule has 1 unspecified atom stereocenters. The van der Waals surface area contributed by atoms with Crippen molar-refractivity contribution in [3.63, 3.8) is 0 Å². The maximum atomic E-state index is 14.1. The summed E-state index contributed by atoms with van der Waals surface area (Å²) in [4.78, 5) is 4.31. The summed E-state index contributed by atoms with van der Waals surface area (Å²) in [5.41, 5.74) is 1.64. The van der Waals surface area contributed by atoms with Gasteiger partial charge in [-0.3, -0.25) is 0 Å². The van der Waals surface area contributed by atoms with Crippen LogP contribution in [0.25, 0.3) is 0 Å². The smallest absolute Gasteiger partial charge is 0.128 e. The number of imidazole rings is 1. The van der Waals surface area contributed by atoms with Crippen LogP contribution in [0.1, 0.15) is 29.9 Å². The number of nitrogens with zero attached hydrogens (tertiary/aromatic N) is 2. The molecule has 1 aromatic carbocycles. The third-order valence-corrected chi connectivity index (χ3v) is 3.29. The van der Waals surface area contributed by atoms with Gasteiger partial charge >= 0.3 is 0 Å². The molecule has 0 amide bonds. The van der Waals surface area contributed by atoms with Crippen molar-refractivity contribution in [1.29, 1.82) is 0 Å². The molecule has 3 nitrogen and oxygen atoms in total.